The fraction of sp³-hybridized carbons (Fsp3) is 0.389. The van der Waals surface area contributed by atoms with Crippen molar-refractivity contribution in [3.63, 3.8) is 0 Å². The van der Waals surface area contributed by atoms with Gasteiger partial charge in [-0.05, 0) is 48.9 Å². The minimum Gasteiger partial charge on any atom is -0.493 e. The van der Waals surface area contributed by atoms with Gasteiger partial charge >= 0.3 is 5.97 Å². The second kappa shape index (κ2) is 8.75. The molecule has 2 amide bonds. The highest BCUT2D eigenvalue weighted by molar-refractivity contribution is 8.18. The first-order chi connectivity index (χ1) is 12.4. The van der Waals surface area contributed by atoms with Crippen molar-refractivity contribution in [1.82, 2.24) is 4.90 Å². The number of methoxy groups -OCH3 is 2. The van der Waals surface area contributed by atoms with Crippen LogP contribution in [0.25, 0.3) is 6.08 Å². The number of carbonyl (C=O) groups is 3. The Morgan fingerprint density at radius 2 is 1.92 bits per heavy atom. The second-order valence-electron chi connectivity index (χ2n) is 5.59. The zero-order chi connectivity index (χ0) is 19.3. The van der Waals surface area contributed by atoms with Crippen molar-refractivity contribution >= 4 is 35.0 Å². The maximum absolute atomic E-state index is 12.4. The molecule has 0 radical (unpaired) electrons. The molecule has 1 saturated heterocycles. The Morgan fingerprint density at radius 1 is 1.23 bits per heavy atom. The molecule has 1 heterocycles. The Bertz CT molecular complexity index is 745. The molecule has 1 aromatic rings. The number of rotatable bonds is 7. The highest BCUT2D eigenvalue weighted by Crippen LogP contribution is 2.34. The highest BCUT2D eigenvalue weighted by Gasteiger charge is 2.36. The molecule has 140 valence electrons. The average Bonchev–Trinajstić information content (AvgIpc) is 2.88. The second-order valence-corrected chi connectivity index (χ2v) is 6.58. The molecule has 1 aliphatic heterocycles. The van der Waals surface area contributed by atoms with E-state index in [1.54, 1.807) is 31.2 Å². The third kappa shape index (κ3) is 4.57. The standard InChI is InChI=1S/C18H21NO6S/c1-5-11(2)25-16(20)10-19-17(21)15(26-18(19)22)9-12-6-7-13(23-3)14(8-12)24-4/h6-9,11H,5,10H2,1-4H3/b15-9+/t11-/m1/s1. The maximum atomic E-state index is 12.4. The predicted molar refractivity (Wildman–Crippen MR) is 98.1 cm³/mol. The number of imide groups is 1. The molecule has 0 aromatic heterocycles. The molecular formula is C18H21NO6S. The lowest BCUT2D eigenvalue weighted by Crippen LogP contribution is -2.35. The normalized spacial score (nSPS) is 16.8. The van der Waals surface area contributed by atoms with Crippen molar-refractivity contribution in [1.29, 1.82) is 0 Å². The summed E-state index contributed by atoms with van der Waals surface area (Å²) in [6.45, 7) is 3.24. The number of carbonyl (C=O) groups excluding carboxylic acids is 3. The van der Waals surface area contributed by atoms with Crippen LogP contribution in [-0.2, 0) is 14.3 Å². The molecule has 0 spiro atoms. The number of amides is 2. The summed E-state index contributed by atoms with van der Waals surface area (Å²) in [7, 11) is 3.04. The first kappa shape index (κ1) is 19.8. The largest absolute Gasteiger partial charge is 0.493 e. The molecule has 0 unspecified atom stereocenters. The van der Waals surface area contributed by atoms with Gasteiger partial charge in [0, 0.05) is 0 Å². The molecule has 1 aromatic carbocycles. The Morgan fingerprint density at radius 3 is 2.54 bits per heavy atom. The fourth-order valence-corrected chi connectivity index (χ4v) is 3.04. The molecule has 0 aliphatic carbocycles. The van der Waals surface area contributed by atoms with Crippen LogP contribution in [0.15, 0.2) is 23.1 Å². The van der Waals surface area contributed by atoms with E-state index < -0.39 is 23.7 Å². The number of benzene rings is 1. The molecule has 1 aliphatic rings. The molecule has 1 fully saturated rings. The molecule has 0 saturated carbocycles. The third-order valence-electron chi connectivity index (χ3n) is 3.77. The number of hydrogen-bond acceptors (Lipinski definition) is 7. The molecule has 26 heavy (non-hydrogen) atoms. The van der Waals surface area contributed by atoms with Gasteiger partial charge in [0.05, 0.1) is 25.2 Å². The SMILES string of the molecule is CC[C@@H](C)OC(=O)CN1C(=O)S/C(=C/c2ccc(OC)c(OC)c2)C1=O. The van der Waals surface area contributed by atoms with Crippen LogP contribution < -0.4 is 9.47 Å². The summed E-state index contributed by atoms with van der Waals surface area (Å²) in [6, 6.07) is 5.15. The maximum Gasteiger partial charge on any atom is 0.326 e. The van der Waals surface area contributed by atoms with Crippen LogP contribution in [0.4, 0.5) is 4.79 Å². The van der Waals surface area contributed by atoms with E-state index in [2.05, 4.69) is 0 Å². The summed E-state index contributed by atoms with van der Waals surface area (Å²) in [4.78, 5) is 37.5. The third-order valence-corrected chi connectivity index (χ3v) is 4.68. The lowest BCUT2D eigenvalue weighted by Gasteiger charge is -2.14. The summed E-state index contributed by atoms with van der Waals surface area (Å²) in [5, 5.41) is -0.497. The molecule has 0 bridgehead atoms. The molecule has 7 nitrogen and oxygen atoms in total. The van der Waals surface area contributed by atoms with E-state index in [0.717, 1.165) is 16.7 Å². The summed E-state index contributed by atoms with van der Waals surface area (Å²) in [5.41, 5.74) is 0.676. The van der Waals surface area contributed by atoms with Gasteiger partial charge in [-0.15, -0.1) is 0 Å². The summed E-state index contributed by atoms with van der Waals surface area (Å²) in [5.74, 6) is -0.0481. The van der Waals surface area contributed by atoms with Gasteiger partial charge in [0.1, 0.15) is 6.54 Å². The van der Waals surface area contributed by atoms with Crippen molar-refractivity contribution < 1.29 is 28.6 Å². The lowest BCUT2D eigenvalue weighted by molar-refractivity contribution is -0.150. The minimum absolute atomic E-state index is 0.235. The molecule has 8 heteroatoms. The van der Waals surface area contributed by atoms with Gasteiger partial charge in [-0.2, -0.15) is 0 Å². The molecule has 1 atom stereocenters. The number of thioether (sulfide) groups is 1. The Balaban J connectivity index is 2.15. The van der Waals surface area contributed by atoms with Crippen molar-refractivity contribution in [3.8, 4) is 11.5 Å². The monoisotopic (exact) mass is 379 g/mol. The van der Waals surface area contributed by atoms with Gasteiger partial charge in [0.15, 0.2) is 11.5 Å². The van der Waals surface area contributed by atoms with E-state index in [1.165, 1.54) is 14.2 Å². The Hall–Kier alpha value is -2.48. The van der Waals surface area contributed by atoms with Gasteiger partial charge in [0.25, 0.3) is 11.1 Å². The quantitative estimate of drug-likeness (QED) is 0.532. The van der Waals surface area contributed by atoms with Crippen molar-refractivity contribution in [2.45, 2.75) is 26.4 Å². The zero-order valence-corrected chi connectivity index (χ0v) is 15.9. The van der Waals surface area contributed by atoms with E-state index in [9.17, 15) is 14.4 Å². The van der Waals surface area contributed by atoms with Crippen LogP contribution in [-0.4, -0.2) is 48.9 Å². The van der Waals surface area contributed by atoms with Crippen LogP contribution in [0, 0.1) is 0 Å². The van der Waals surface area contributed by atoms with E-state index in [1.807, 2.05) is 6.92 Å². The van der Waals surface area contributed by atoms with E-state index in [-0.39, 0.29) is 11.0 Å². The van der Waals surface area contributed by atoms with Crippen LogP contribution in [0.2, 0.25) is 0 Å². The minimum atomic E-state index is -0.603. The number of nitrogens with zero attached hydrogens (tertiary/aromatic N) is 1. The lowest BCUT2D eigenvalue weighted by atomic mass is 10.2. The van der Waals surface area contributed by atoms with Crippen LogP contribution in [0.3, 0.4) is 0 Å². The first-order valence-electron chi connectivity index (χ1n) is 8.06. The zero-order valence-electron chi connectivity index (χ0n) is 15.1. The topological polar surface area (TPSA) is 82.1 Å². The summed E-state index contributed by atoms with van der Waals surface area (Å²) >= 11 is 0.785. The van der Waals surface area contributed by atoms with E-state index in [0.29, 0.717) is 23.5 Å². The van der Waals surface area contributed by atoms with Crippen molar-refractivity contribution in [2.24, 2.45) is 0 Å². The van der Waals surface area contributed by atoms with Crippen molar-refractivity contribution in [3.05, 3.63) is 28.7 Å². The summed E-state index contributed by atoms with van der Waals surface area (Å²) < 4.78 is 15.5. The van der Waals surface area contributed by atoms with Crippen LogP contribution in [0.1, 0.15) is 25.8 Å². The van der Waals surface area contributed by atoms with Gasteiger partial charge in [0.2, 0.25) is 0 Å². The predicted octanol–water partition coefficient (Wildman–Crippen LogP) is 3.08. The van der Waals surface area contributed by atoms with Gasteiger partial charge in [-0.1, -0.05) is 13.0 Å². The number of hydrogen-bond donors (Lipinski definition) is 0. The number of ether oxygens (including phenoxy) is 3. The van der Waals surface area contributed by atoms with Crippen molar-refractivity contribution in [2.75, 3.05) is 20.8 Å². The Labute approximate surface area is 156 Å². The van der Waals surface area contributed by atoms with Gasteiger partial charge < -0.3 is 14.2 Å². The average molecular weight is 379 g/mol. The molecular weight excluding hydrogens is 358 g/mol. The van der Waals surface area contributed by atoms with Gasteiger partial charge in [-0.3, -0.25) is 19.3 Å². The smallest absolute Gasteiger partial charge is 0.326 e. The molecule has 0 N–H and O–H groups in total. The fourth-order valence-electron chi connectivity index (χ4n) is 2.20. The number of esters is 1. The van der Waals surface area contributed by atoms with Gasteiger partial charge in [-0.25, -0.2) is 0 Å². The first-order valence-corrected chi connectivity index (χ1v) is 8.88. The van der Waals surface area contributed by atoms with Crippen LogP contribution >= 0.6 is 11.8 Å². The highest BCUT2D eigenvalue weighted by atomic mass is 32.2. The van der Waals surface area contributed by atoms with E-state index in [4.69, 9.17) is 14.2 Å². The summed E-state index contributed by atoms with van der Waals surface area (Å²) in [6.07, 6.45) is 1.98. The van der Waals surface area contributed by atoms with E-state index >= 15 is 0 Å². The van der Waals surface area contributed by atoms with Crippen LogP contribution in [0.5, 0.6) is 11.5 Å². The molecule has 2 rings (SSSR count). The Kier molecular flexibility index (Phi) is 6.68.